The smallest absolute Gasteiger partial charge is 0.407 e. The van der Waals surface area contributed by atoms with Crippen molar-refractivity contribution in [2.75, 3.05) is 7.11 Å². The van der Waals surface area contributed by atoms with Crippen molar-refractivity contribution in [3.8, 4) is 0 Å². The molecule has 0 saturated heterocycles. The van der Waals surface area contributed by atoms with Crippen molar-refractivity contribution >= 4 is 18.0 Å². The summed E-state index contributed by atoms with van der Waals surface area (Å²) >= 11 is 0. The molecule has 0 aliphatic heterocycles. The van der Waals surface area contributed by atoms with Crippen LogP contribution in [0, 0.1) is 0 Å². The first kappa shape index (κ1) is 16.2. The van der Waals surface area contributed by atoms with E-state index in [0.717, 1.165) is 0 Å². The molecule has 3 N–H and O–H groups in total. The lowest BCUT2D eigenvalue weighted by atomic mass is 10.1. The molecular weight excluding hydrogens is 240 g/mol. The Morgan fingerprint density at radius 2 is 1.83 bits per heavy atom. The van der Waals surface area contributed by atoms with Crippen molar-refractivity contribution in [3.63, 3.8) is 0 Å². The molecule has 0 bridgehead atoms. The quantitative estimate of drug-likeness (QED) is 0.692. The molecule has 0 radical (unpaired) electrons. The van der Waals surface area contributed by atoms with E-state index in [4.69, 9.17) is 10.5 Å². The summed E-state index contributed by atoms with van der Waals surface area (Å²) in [5, 5.41) is 2.30. The molecule has 0 heterocycles. The molecule has 0 spiro atoms. The topological polar surface area (TPSA) is 108 Å². The van der Waals surface area contributed by atoms with Gasteiger partial charge >= 0.3 is 12.1 Å². The van der Waals surface area contributed by atoms with Gasteiger partial charge < -0.3 is 20.5 Å². The fourth-order valence-electron chi connectivity index (χ4n) is 1.11. The Labute approximate surface area is 106 Å². The van der Waals surface area contributed by atoms with Crippen LogP contribution in [0.3, 0.4) is 0 Å². The molecule has 0 fully saturated rings. The van der Waals surface area contributed by atoms with Crippen LogP contribution in [-0.2, 0) is 19.1 Å². The molecule has 0 aromatic carbocycles. The molecule has 7 heteroatoms. The molecule has 1 atom stereocenters. The summed E-state index contributed by atoms with van der Waals surface area (Å²) in [6, 6.07) is -0.954. The molecule has 7 nitrogen and oxygen atoms in total. The average Bonchev–Trinajstić information content (AvgIpc) is 2.20. The van der Waals surface area contributed by atoms with Crippen LogP contribution in [0.15, 0.2) is 0 Å². The molecular formula is C11H20N2O5. The first-order valence-corrected chi connectivity index (χ1v) is 5.51. The van der Waals surface area contributed by atoms with Gasteiger partial charge in [-0.25, -0.2) is 9.59 Å². The fraction of sp³-hybridized carbons (Fsp3) is 0.727. The van der Waals surface area contributed by atoms with E-state index in [9.17, 15) is 14.4 Å². The number of hydrogen-bond acceptors (Lipinski definition) is 5. The number of carbonyl (C=O) groups excluding carboxylic acids is 3. The van der Waals surface area contributed by atoms with Crippen LogP contribution >= 0.6 is 0 Å². The second-order valence-electron chi connectivity index (χ2n) is 4.73. The Bertz CT molecular complexity index is 322. The lowest BCUT2D eigenvalue weighted by Crippen LogP contribution is -2.44. The zero-order valence-corrected chi connectivity index (χ0v) is 11.1. The molecule has 0 aromatic rings. The van der Waals surface area contributed by atoms with Gasteiger partial charge in [-0.3, -0.25) is 4.79 Å². The lowest BCUT2D eigenvalue weighted by molar-refractivity contribution is -0.157. The van der Waals surface area contributed by atoms with Crippen molar-refractivity contribution in [3.05, 3.63) is 0 Å². The van der Waals surface area contributed by atoms with Gasteiger partial charge in [0.1, 0.15) is 11.6 Å². The number of carbonyl (C=O) groups is 3. The van der Waals surface area contributed by atoms with E-state index in [0.29, 0.717) is 0 Å². The Morgan fingerprint density at radius 3 is 2.22 bits per heavy atom. The molecule has 0 rings (SSSR count). The summed E-state index contributed by atoms with van der Waals surface area (Å²) in [7, 11) is 1.18. The average molecular weight is 260 g/mol. The van der Waals surface area contributed by atoms with E-state index in [2.05, 4.69) is 10.1 Å². The highest BCUT2D eigenvalue weighted by Gasteiger charge is 2.27. The molecule has 2 amide bonds. The summed E-state index contributed by atoms with van der Waals surface area (Å²) < 4.78 is 9.51. The normalized spacial score (nSPS) is 12.4. The van der Waals surface area contributed by atoms with Gasteiger partial charge in [-0.2, -0.15) is 0 Å². The van der Waals surface area contributed by atoms with Gasteiger partial charge in [0.25, 0.3) is 0 Å². The molecule has 0 aromatic heterocycles. The minimum Gasteiger partial charge on any atom is -0.458 e. The Hall–Kier alpha value is -1.79. The first-order valence-electron chi connectivity index (χ1n) is 5.51. The maximum absolute atomic E-state index is 11.8. The maximum atomic E-state index is 11.8. The minimum absolute atomic E-state index is 0.0338. The van der Waals surface area contributed by atoms with Crippen LogP contribution < -0.4 is 11.1 Å². The van der Waals surface area contributed by atoms with E-state index in [1.54, 1.807) is 20.8 Å². The maximum Gasteiger partial charge on any atom is 0.407 e. The fourth-order valence-corrected chi connectivity index (χ4v) is 1.11. The van der Waals surface area contributed by atoms with E-state index in [1.807, 2.05) is 0 Å². The van der Waals surface area contributed by atoms with Gasteiger partial charge in [-0.05, 0) is 27.2 Å². The summed E-state index contributed by atoms with van der Waals surface area (Å²) in [5.74, 6) is -1.19. The number of amides is 2. The number of rotatable bonds is 5. The largest absolute Gasteiger partial charge is 0.458 e. The second kappa shape index (κ2) is 6.83. The van der Waals surface area contributed by atoms with Gasteiger partial charge in [0.05, 0.1) is 7.11 Å². The zero-order chi connectivity index (χ0) is 14.3. The highest BCUT2D eigenvalue weighted by molar-refractivity contribution is 5.82. The third-order valence-corrected chi connectivity index (χ3v) is 1.85. The van der Waals surface area contributed by atoms with E-state index in [1.165, 1.54) is 7.11 Å². The Kier molecular flexibility index (Phi) is 6.15. The summed E-state index contributed by atoms with van der Waals surface area (Å²) in [5.41, 5.74) is 4.32. The van der Waals surface area contributed by atoms with Crippen LogP contribution in [0.4, 0.5) is 4.79 Å². The summed E-state index contributed by atoms with van der Waals surface area (Å²) in [4.78, 5) is 33.6. The Balaban J connectivity index is 4.58. The summed E-state index contributed by atoms with van der Waals surface area (Å²) in [6.45, 7) is 5.11. The molecule has 0 saturated carbocycles. The second-order valence-corrected chi connectivity index (χ2v) is 4.73. The molecule has 0 unspecified atom stereocenters. The van der Waals surface area contributed by atoms with Gasteiger partial charge in [0.2, 0.25) is 5.91 Å². The number of primary amides is 1. The summed E-state index contributed by atoms with van der Waals surface area (Å²) in [6.07, 6.45) is -0.733. The predicted molar refractivity (Wildman–Crippen MR) is 63.6 cm³/mol. The third-order valence-electron chi connectivity index (χ3n) is 1.85. The van der Waals surface area contributed by atoms with Crippen molar-refractivity contribution in [1.29, 1.82) is 0 Å². The number of alkyl carbamates (subject to hydrolysis) is 1. The van der Waals surface area contributed by atoms with Crippen LogP contribution in [0.2, 0.25) is 0 Å². The zero-order valence-electron chi connectivity index (χ0n) is 11.1. The van der Waals surface area contributed by atoms with Gasteiger partial charge in [0.15, 0.2) is 0 Å². The van der Waals surface area contributed by atoms with Crippen LogP contribution in [0.25, 0.3) is 0 Å². The van der Waals surface area contributed by atoms with Crippen LogP contribution in [0.1, 0.15) is 33.6 Å². The monoisotopic (exact) mass is 260 g/mol. The van der Waals surface area contributed by atoms with E-state index >= 15 is 0 Å². The number of hydrogen-bond donors (Lipinski definition) is 2. The van der Waals surface area contributed by atoms with Crippen molar-refractivity contribution in [2.45, 2.75) is 45.3 Å². The standard InChI is InChI=1S/C11H20N2O5/c1-11(2,3)18-9(15)7(5-6-8(12)14)13-10(16)17-4/h7H,5-6H2,1-4H3,(H2,12,14)(H,13,16)/t7-/m0/s1. The van der Waals surface area contributed by atoms with Crippen LogP contribution in [0.5, 0.6) is 0 Å². The van der Waals surface area contributed by atoms with E-state index < -0.39 is 29.6 Å². The number of nitrogens with two attached hydrogens (primary N) is 1. The van der Waals surface area contributed by atoms with Crippen molar-refractivity contribution in [2.24, 2.45) is 5.73 Å². The molecule has 0 aliphatic carbocycles. The SMILES string of the molecule is COC(=O)N[C@@H](CCC(N)=O)C(=O)OC(C)(C)C. The van der Waals surface area contributed by atoms with Crippen molar-refractivity contribution < 1.29 is 23.9 Å². The highest BCUT2D eigenvalue weighted by Crippen LogP contribution is 2.10. The van der Waals surface area contributed by atoms with Gasteiger partial charge in [-0.1, -0.05) is 0 Å². The van der Waals surface area contributed by atoms with Crippen LogP contribution in [-0.4, -0.2) is 36.7 Å². The molecule has 0 aliphatic rings. The number of esters is 1. The predicted octanol–water partition coefficient (Wildman–Crippen LogP) is 0.318. The lowest BCUT2D eigenvalue weighted by Gasteiger charge is -2.24. The number of ether oxygens (including phenoxy) is 2. The number of nitrogens with one attached hydrogen (secondary N) is 1. The molecule has 104 valence electrons. The van der Waals surface area contributed by atoms with Gasteiger partial charge in [-0.15, -0.1) is 0 Å². The highest BCUT2D eigenvalue weighted by atomic mass is 16.6. The number of methoxy groups -OCH3 is 1. The first-order chi connectivity index (χ1) is 8.15. The Morgan fingerprint density at radius 1 is 1.28 bits per heavy atom. The van der Waals surface area contributed by atoms with Crippen molar-refractivity contribution in [1.82, 2.24) is 5.32 Å². The van der Waals surface area contributed by atoms with Gasteiger partial charge in [0, 0.05) is 6.42 Å². The molecule has 18 heavy (non-hydrogen) atoms. The minimum atomic E-state index is -0.954. The van der Waals surface area contributed by atoms with E-state index in [-0.39, 0.29) is 12.8 Å². The third kappa shape index (κ3) is 7.48.